The Morgan fingerprint density at radius 2 is 1.80 bits per heavy atom. The average Bonchev–Trinajstić information content (AvgIpc) is 2.62. The van der Waals surface area contributed by atoms with Crippen molar-refractivity contribution in [2.45, 2.75) is 25.2 Å². The summed E-state index contributed by atoms with van der Waals surface area (Å²) < 4.78 is 5.06. The molecule has 7 N–H and O–H groups in total. The molecular formula is C18H23N3O4. The van der Waals surface area contributed by atoms with Crippen molar-refractivity contribution < 1.29 is 19.7 Å². The molecule has 2 unspecified atom stereocenters. The third kappa shape index (κ3) is 5.37. The highest BCUT2D eigenvalue weighted by molar-refractivity contribution is 5.68. The molecule has 2 rings (SSSR count). The van der Waals surface area contributed by atoms with Crippen molar-refractivity contribution in [2.24, 2.45) is 0 Å². The van der Waals surface area contributed by atoms with Gasteiger partial charge in [0.25, 0.3) is 0 Å². The summed E-state index contributed by atoms with van der Waals surface area (Å²) in [5.74, 6) is 0. The van der Waals surface area contributed by atoms with Crippen LogP contribution in [0.1, 0.15) is 23.7 Å². The molecule has 0 aliphatic carbocycles. The molecule has 7 nitrogen and oxygen atoms in total. The molecule has 0 fully saturated rings. The molecule has 0 spiro atoms. The zero-order valence-electron chi connectivity index (χ0n) is 13.8. The summed E-state index contributed by atoms with van der Waals surface area (Å²) in [5.41, 5.74) is 13.3. The summed E-state index contributed by atoms with van der Waals surface area (Å²) in [6.07, 6.45) is -2.74. The number of rotatable bonds is 7. The first kappa shape index (κ1) is 18.6. The number of aliphatic hydroxyl groups is 2. The van der Waals surface area contributed by atoms with Crippen LogP contribution in [0.3, 0.4) is 0 Å². The fraction of sp³-hybridized carbons (Fsp3) is 0.278. The molecule has 0 heterocycles. The van der Waals surface area contributed by atoms with Gasteiger partial charge in [-0.15, -0.1) is 0 Å². The number of hydrogen-bond acceptors (Lipinski definition) is 6. The van der Waals surface area contributed by atoms with Crippen molar-refractivity contribution in [2.75, 3.05) is 18.0 Å². The molecule has 0 aliphatic heterocycles. The maximum Gasteiger partial charge on any atom is 0.407 e. The molecule has 7 heteroatoms. The van der Waals surface area contributed by atoms with Crippen molar-refractivity contribution in [1.82, 2.24) is 5.32 Å². The number of hydrogen-bond donors (Lipinski definition) is 5. The maximum atomic E-state index is 11.6. The number of aliphatic hydroxyl groups excluding tert-OH is 2. The maximum absolute atomic E-state index is 11.6. The molecule has 0 radical (unpaired) electrons. The minimum atomic E-state index is -1.19. The van der Waals surface area contributed by atoms with Gasteiger partial charge < -0.3 is 31.7 Å². The highest BCUT2D eigenvalue weighted by Gasteiger charge is 2.21. The lowest BCUT2D eigenvalue weighted by atomic mass is 10.00. The van der Waals surface area contributed by atoms with E-state index in [4.69, 9.17) is 16.2 Å². The predicted molar refractivity (Wildman–Crippen MR) is 95.5 cm³/mol. The van der Waals surface area contributed by atoms with Crippen LogP contribution in [0.5, 0.6) is 0 Å². The number of para-hydroxylation sites is 1. The molecule has 0 aliphatic rings. The van der Waals surface area contributed by atoms with E-state index >= 15 is 0 Å². The van der Waals surface area contributed by atoms with Crippen LogP contribution in [0.15, 0.2) is 48.5 Å². The zero-order chi connectivity index (χ0) is 18.2. The number of alkyl carbamates (subject to hydrolysis) is 1. The molecule has 0 aromatic heterocycles. The lowest BCUT2D eigenvalue weighted by Crippen LogP contribution is -2.30. The van der Waals surface area contributed by atoms with E-state index in [1.165, 1.54) is 0 Å². The second-order valence-corrected chi connectivity index (χ2v) is 5.64. The van der Waals surface area contributed by atoms with Crippen LogP contribution >= 0.6 is 0 Å². The van der Waals surface area contributed by atoms with E-state index in [-0.39, 0.29) is 25.3 Å². The molecule has 25 heavy (non-hydrogen) atoms. The van der Waals surface area contributed by atoms with Crippen LogP contribution in [0, 0.1) is 0 Å². The number of amides is 1. The second kappa shape index (κ2) is 8.91. The van der Waals surface area contributed by atoms with Gasteiger partial charge in [0.2, 0.25) is 0 Å². The number of nitrogens with two attached hydrogens (primary N) is 2. The second-order valence-electron chi connectivity index (χ2n) is 5.64. The van der Waals surface area contributed by atoms with E-state index in [1.807, 2.05) is 30.3 Å². The monoisotopic (exact) mass is 345 g/mol. The largest absolute Gasteiger partial charge is 0.445 e. The van der Waals surface area contributed by atoms with Crippen LogP contribution in [0.4, 0.5) is 16.2 Å². The van der Waals surface area contributed by atoms with Gasteiger partial charge in [-0.25, -0.2) is 4.79 Å². The number of benzene rings is 2. The Labute approximate surface area is 146 Å². The molecule has 1 amide bonds. The Balaban J connectivity index is 1.75. The fourth-order valence-corrected chi connectivity index (χ4v) is 2.32. The number of nitrogens with one attached hydrogen (secondary N) is 1. The lowest BCUT2D eigenvalue weighted by molar-refractivity contribution is 0.0141. The fourth-order valence-electron chi connectivity index (χ4n) is 2.32. The zero-order valence-corrected chi connectivity index (χ0v) is 13.8. The molecule has 134 valence electrons. The Kier molecular flexibility index (Phi) is 6.62. The molecule has 0 saturated carbocycles. The quantitative estimate of drug-likeness (QED) is 0.484. The first-order chi connectivity index (χ1) is 12.0. The third-order valence-corrected chi connectivity index (χ3v) is 3.78. The Hall–Kier alpha value is -2.77. The Morgan fingerprint density at radius 1 is 1.08 bits per heavy atom. The molecule has 0 saturated heterocycles. The smallest absolute Gasteiger partial charge is 0.407 e. The number of anilines is 2. The van der Waals surface area contributed by atoms with Gasteiger partial charge in [-0.05, 0) is 18.1 Å². The van der Waals surface area contributed by atoms with Crippen molar-refractivity contribution >= 4 is 17.5 Å². The molecule has 2 aromatic carbocycles. The number of ether oxygens (including phenoxy) is 1. The van der Waals surface area contributed by atoms with Crippen molar-refractivity contribution in [3.8, 4) is 0 Å². The van der Waals surface area contributed by atoms with E-state index in [0.29, 0.717) is 11.3 Å². The van der Waals surface area contributed by atoms with E-state index in [2.05, 4.69) is 5.32 Å². The molecule has 2 aromatic rings. The van der Waals surface area contributed by atoms with Gasteiger partial charge in [0, 0.05) is 12.1 Å². The molecule has 0 bridgehead atoms. The Bertz CT molecular complexity index is 694. The van der Waals surface area contributed by atoms with E-state index in [1.54, 1.807) is 18.2 Å². The summed E-state index contributed by atoms with van der Waals surface area (Å²) in [7, 11) is 0. The number of nitrogen functional groups attached to an aromatic ring is 2. The van der Waals surface area contributed by atoms with E-state index in [9.17, 15) is 15.0 Å². The Morgan fingerprint density at radius 3 is 2.52 bits per heavy atom. The summed E-state index contributed by atoms with van der Waals surface area (Å²) in [6, 6.07) is 14.2. The first-order valence-corrected chi connectivity index (χ1v) is 7.93. The van der Waals surface area contributed by atoms with Gasteiger partial charge in [0.05, 0.1) is 17.5 Å². The minimum absolute atomic E-state index is 0.135. The van der Waals surface area contributed by atoms with Crippen LogP contribution in [0.2, 0.25) is 0 Å². The minimum Gasteiger partial charge on any atom is -0.445 e. The van der Waals surface area contributed by atoms with Gasteiger partial charge in [-0.2, -0.15) is 0 Å². The van der Waals surface area contributed by atoms with Crippen molar-refractivity contribution in [1.29, 1.82) is 0 Å². The summed E-state index contributed by atoms with van der Waals surface area (Å²) in [4.78, 5) is 11.6. The van der Waals surface area contributed by atoms with Crippen molar-refractivity contribution in [3.05, 3.63) is 59.7 Å². The van der Waals surface area contributed by atoms with Gasteiger partial charge in [-0.1, -0.05) is 42.5 Å². The van der Waals surface area contributed by atoms with E-state index in [0.717, 1.165) is 5.56 Å². The predicted octanol–water partition coefficient (Wildman–Crippen LogP) is 1.56. The van der Waals surface area contributed by atoms with Gasteiger partial charge >= 0.3 is 6.09 Å². The summed E-state index contributed by atoms with van der Waals surface area (Å²) >= 11 is 0. The lowest BCUT2D eigenvalue weighted by Gasteiger charge is -2.20. The average molecular weight is 345 g/mol. The summed E-state index contributed by atoms with van der Waals surface area (Å²) in [5, 5.41) is 22.8. The van der Waals surface area contributed by atoms with E-state index < -0.39 is 18.3 Å². The van der Waals surface area contributed by atoms with Crippen LogP contribution in [-0.2, 0) is 11.3 Å². The van der Waals surface area contributed by atoms with Crippen molar-refractivity contribution in [3.63, 3.8) is 0 Å². The van der Waals surface area contributed by atoms with Crippen LogP contribution in [-0.4, -0.2) is 29.0 Å². The third-order valence-electron chi connectivity index (χ3n) is 3.78. The molecule has 2 atom stereocenters. The van der Waals surface area contributed by atoms with Gasteiger partial charge in [0.15, 0.2) is 0 Å². The first-order valence-electron chi connectivity index (χ1n) is 7.93. The SMILES string of the molecule is Nc1cccc(C(O)C(O)CCNC(=O)OCc2ccccc2)c1N. The van der Waals surface area contributed by atoms with Gasteiger partial charge in [0.1, 0.15) is 12.7 Å². The standard InChI is InChI=1S/C18H23N3O4/c19-14-8-4-7-13(16(14)20)17(23)15(22)9-10-21-18(24)25-11-12-5-2-1-3-6-12/h1-8,15,17,22-23H,9-11,19-20H2,(H,21,24). The number of carbonyl (C=O) groups is 1. The highest BCUT2D eigenvalue weighted by Crippen LogP contribution is 2.28. The topological polar surface area (TPSA) is 131 Å². The highest BCUT2D eigenvalue weighted by atomic mass is 16.5. The van der Waals surface area contributed by atoms with Crippen LogP contribution in [0.25, 0.3) is 0 Å². The van der Waals surface area contributed by atoms with Gasteiger partial charge in [-0.3, -0.25) is 0 Å². The summed E-state index contributed by atoms with van der Waals surface area (Å²) in [6.45, 7) is 0.311. The van der Waals surface area contributed by atoms with Crippen LogP contribution < -0.4 is 16.8 Å². The molecular weight excluding hydrogens is 322 g/mol. The normalized spacial score (nSPS) is 13.0. The number of carbonyl (C=O) groups excluding carboxylic acids is 1.